The third-order valence-electron chi connectivity index (χ3n) is 2.40. The van der Waals surface area contributed by atoms with Crippen molar-refractivity contribution in [1.82, 2.24) is 4.90 Å². The fraction of sp³-hybridized carbons (Fsp3) is 0.800. The van der Waals surface area contributed by atoms with Crippen LogP contribution in [-0.4, -0.2) is 23.5 Å². The van der Waals surface area contributed by atoms with E-state index < -0.39 is 0 Å². The van der Waals surface area contributed by atoms with Gasteiger partial charge in [-0.3, -0.25) is 4.90 Å². The molecule has 1 aliphatic rings. The van der Waals surface area contributed by atoms with E-state index in [9.17, 15) is 0 Å². The van der Waals surface area contributed by atoms with E-state index in [0.717, 1.165) is 5.92 Å². The molecule has 1 rings (SSSR count). The maximum atomic E-state index is 2.53. The smallest absolute Gasteiger partial charge is 0.0252 e. The summed E-state index contributed by atoms with van der Waals surface area (Å²) >= 11 is 0. The zero-order chi connectivity index (χ0) is 8.43. The molecule has 1 heteroatoms. The van der Waals surface area contributed by atoms with E-state index in [0.29, 0.717) is 12.1 Å². The normalized spacial score (nSPS) is 33.2. The minimum absolute atomic E-state index is 0.631. The highest BCUT2D eigenvalue weighted by Gasteiger charge is 2.19. The van der Waals surface area contributed by atoms with Crippen LogP contribution < -0.4 is 0 Å². The third kappa shape index (κ3) is 2.06. The van der Waals surface area contributed by atoms with Gasteiger partial charge in [-0.05, 0) is 26.7 Å². The van der Waals surface area contributed by atoms with Gasteiger partial charge in [-0.1, -0.05) is 19.1 Å². The predicted octanol–water partition coefficient (Wildman–Crippen LogP) is 2.29. The molecule has 0 aliphatic carbocycles. The van der Waals surface area contributed by atoms with Gasteiger partial charge in [0.1, 0.15) is 0 Å². The van der Waals surface area contributed by atoms with Crippen molar-refractivity contribution in [3.05, 3.63) is 12.2 Å². The molecule has 0 aromatic rings. The van der Waals surface area contributed by atoms with Gasteiger partial charge < -0.3 is 0 Å². The SMILES string of the molecule is CC1C=CC(C)N(C(C)C)C1. The van der Waals surface area contributed by atoms with Crippen LogP contribution >= 0.6 is 0 Å². The summed E-state index contributed by atoms with van der Waals surface area (Å²) in [5.41, 5.74) is 0. The average molecular weight is 153 g/mol. The Morgan fingerprint density at radius 3 is 2.36 bits per heavy atom. The molecule has 2 atom stereocenters. The number of hydrogen-bond acceptors (Lipinski definition) is 1. The van der Waals surface area contributed by atoms with Crippen LogP contribution in [0.15, 0.2) is 12.2 Å². The van der Waals surface area contributed by atoms with Crippen LogP contribution in [0.25, 0.3) is 0 Å². The first-order valence-electron chi connectivity index (χ1n) is 4.55. The second-order valence-electron chi connectivity index (χ2n) is 3.89. The minimum Gasteiger partial charge on any atom is -0.294 e. The molecule has 1 aliphatic heterocycles. The fourth-order valence-electron chi connectivity index (χ4n) is 1.70. The number of hydrogen-bond donors (Lipinski definition) is 0. The molecule has 0 spiro atoms. The minimum atomic E-state index is 0.631. The molecule has 0 bridgehead atoms. The van der Waals surface area contributed by atoms with E-state index in [2.05, 4.69) is 44.7 Å². The van der Waals surface area contributed by atoms with Gasteiger partial charge in [0.25, 0.3) is 0 Å². The van der Waals surface area contributed by atoms with Gasteiger partial charge in [0.15, 0.2) is 0 Å². The first-order chi connectivity index (χ1) is 5.11. The Morgan fingerprint density at radius 2 is 1.91 bits per heavy atom. The van der Waals surface area contributed by atoms with Crippen molar-refractivity contribution in [2.45, 2.75) is 39.8 Å². The van der Waals surface area contributed by atoms with Crippen LogP contribution in [0.5, 0.6) is 0 Å². The summed E-state index contributed by atoms with van der Waals surface area (Å²) in [6.07, 6.45) is 4.64. The van der Waals surface area contributed by atoms with Gasteiger partial charge in [0.2, 0.25) is 0 Å². The van der Waals surface area contributed by atoms with Crippen LogP contribution in [0.2, 0.25) is 0 Å². The topological polar surface area (TPSA) is 3.24 Å². The summed E-state index contributed by atoms with van der Waals surface area (Å²) in [7, 11) is 0. The van der Waals surface area contributed by atoms with Crippen molar-refractivity contribution in [1.29, 1.82) is 0 Å². The molecular weight excluding hydrogens is 134 g/mol. The van der Waals surface area contributed by atoms with Crippen molar-refractivity contribution in [3.63, 3.8) is 0 Å². The fourth-order valence-corrected chi connectivity index (χ4v) is 1.70. The van der Waals surface area contributed by atoms with E-state index >= 15 is 0 Å². The molecule has 0 saturated carbocycles. The molecule has 0 N–H and O–H groups in total. The average Bonchev–Trinajstić information content (AvgIpc) is 1.94. The zero-order valence-electron chi connectivity index (χ0n) is 8.04. The monoisotopic (exact) mass is 153 g/mol. The number of nitrogens with zero attached hydrogens (tertiary/aromatic N) is 1. The van der Waals surface area contributed by atoms with Crippen LogP contribution in [-0.2, 0) is 0 Å². The van der Waals surface area contributed by atoms with Crippen LogP contribution in [0.4, 0.5) is 0 Å². The lowest BCUT2D eigenvalue weighted by molar-refractivity contribution is 0.166. The summed E-state index contributed by atoms with van der Waals surface area (Å²) in [5.74, 6) is 0.730. The van der Waals surface area contributed by atoms with Gasteiger partial charge in [0.05, 0.1) is 0 Å². The van der Waals surface area contributed by atoms with Crippen LogP contribution in [0.3, 0.4) is 0 Å². The van der Waals surface area contributed by atoms with Gasteiger partial charge in [-0.2, -0.15) is 0 Å². The standard InChI is InChI=1S/C10H19N/c1-8(2)11-7-9(3)5-6-10(11)4/h5-6,8-10H,7H2,1-4H3. The summed E-state index contributed by atoms with van der Waals surface area (Å²) in [6.45, 7) is 10.3. The predicted molar refractivity (Wildman–Crippen MR) is 49.6 cm³/mol. The zero-order valence-corrected chi connectivity index (χ0v) is 8.04. The van der Waals surface area contributed by atoms with Gasteiger partial charge in [-0.25, -0.2) is 0 Å². The molecule has 1 nitrogen and oxygen atoms in total. The van der Waals surface area contributed by atoms with E-state index in [4.69, 9.17) is 0 Å². The van der Waals surface area contributed by atoms with E-state index in [1.165, 1.54) is 6.54 Å². The molecule has 0 fully saturated rings. The Kier molecular flexibility index (Phi) is 2.72. The maximum absolute atomic E-state index is 2.53. The molecule has 0 saturated heterocycles. The lowest BCUT2D eigenvalue weighted by Crippen LogP contribution is -2.42. The third-order valence-corrected chi connectivity index (χ3v) is 2.40. The highest BCUT2D eigenvalue weighted by Crippen LogP contribution is 2.16. The second kappa shape index (κ2) is 3.40. The molecule has 11 heavy (non-hydrogen) atoms. The van der Waals surface area contributed by atoms with Crippen molar-refractivity contribution in [2.24, 2.45) is 5.92 Å². The first-order valence-corrected chi connectivity index (χ1v) is 4.55. The van der Waals surface area contributed by atoms with E-state index in [1.807, 2.05) is 0 Å². The largest absolute Gasteiger partial charge is 0.294 e. The number of rotatable bonds is 1. The molecule has 0 aromatic carbocycles. The summed E-state index contributed by atoms with van der Waals surface area (Å²) < 4.78 is 0. The Balaban J connectivity index is 2.60. The van der Waals surface area contributed by atoms with Crippen molar-refractivity contribution < 1.29 is 0 Å². The quantitative estimate of drug-likeness (QED) is 0.522. The maximum Gasteiger partial charge on any atom is 0.0252 e. The molecule has 1 heterocycles. The highest BCUT2D eigenvalue weighted by molar-refractivity contribution is 5.01. The first kappa shape index (κ1) is 8.79. The molecule has 0 radical (unpaired) electrons. The molecule has 0 aromatic heterocycles. The Bertz CT molecular complexity index is 149. The van der Waals surface area contributed by atoms with Gasteiger partial charge in [0, 0.05) is 18.6 Å². The van der Waals surface area contributed by atoms with E-state index in [1.54, 1.807) is 0 Å². The van der Waals surface area contributed by atoms with Crippen LogP contribution in [0, 0.1) is 5.92 Å². The summed E-state index contributed by atoms with van der Waals surface area (Å²) in [5, 5.41) is 0. The van der Waals surface area contributed by atoms with Crippen molar-refractivity contribution in [3.8, 4) is 0 Å². The van der Waals surface area contributed by atoms with Gasteiger partial charge >= 0.3 is 0 Å². The lowest BCUT2D eigenvalue weighted by Gasteiger charge is -2.35. The molecular formula is C10H19N. The van der Waals surface area contributed by atoms with Crippen LogP contribution in [0.1, 0.15) is 27.7 Å². The Morgan fingerprint density at radius 1 is 1.27 bits per heavy atom. The Labute approximate surface area is 70.1 Å². The molecule has 64 valence electrons. The Hall–Kier alpha value is -0.300. The van der Waals surface area contributed by atoms with E-state index in [-0.39, 0.29) is 0 Å². The lowest BCUT2D eigenvalue weighted by atomic mass is 10.0. The highest BCUT2D eigenvalue weighted by atomic mass is 15.2. The molecule has 2 unspecified atom stereocenters. The van der Waals surface area contributed by atoms with Gasteiger partial charge in [-0.15, -0.1) is 0 Å². The van der Waals surface area contributed by atoms with Crippen molar-refractivity contribution in [2.75, 3.05) is 6.54 Å². The van der Waals surface area contributed by atoms with Crippen molar-refractivity contribution >= 4 is 0 Å². The second-order valence-corrected chi connectivity index (χ2v) is 3.89. The summed E-state index contributed by atoms with van der Waals surface area (Å²) in [4.78, 5) is 2.53. The molecule has 0 amide bonds. The summed E-state index contributed by atoms with van der Waals surface area (Å²) in [6, 6.07) is 1.31.